The Kier molecular flexibility index (Phi) is 3.25. The molecule has 3 aromatic rings. The van der Waals surface area contributed by atoms with Crippen LogP contribution in [0.4, 0.5) is 0 Å². The standard InChI is InChI=1S/C13H8BrCl2N3/c1-7-12(14)13-17-5-4-11(19(13)18-7)9-3-2-8(15)6-10(9)16/h2-6H,1H3. The van der Waals surface area contributed by atoms with Crippen molar-refractivity contribution in [1.82, 2.24) is 14.6 Å². The first-order chi connectivity index (χ1) is 9.08. The highest BCUT2D eigenvalue weighted by Gasteiger charge is 2.13. The Morgan fingerprint density at radius 2 is 2.00 bits per heavy atom. The fourth-order valence-electron chi connectivity index (χ4n) is 1.93. The highest BCUT2D eigenvalue weighted by atomic mass is 79.9. The van der Waals surface area contributed by atoms with Crippen molar-refractivity contribution in [3.05, 3.63) is 50.7 Å². The smallest absolute Gasteiger partial charge is 0.170 e. The van der Waals surface area contributed by atoms with Crippen molar-refractivity contribution in [1.29, 1.82) is 0 Å². The lowest BCUT2D eigenvalue weighted by Crippen LogP contribution is -1.96. The van der Waals surface area contributed by atoms with Crippen LogP contribution in [0, 0.1) is 6.92 Å². The fraction of sp³-hybridized carbons (Fsp3) is 0.0769. The second-order valence-corrected chi connectivity index (χ2v) is 5.73. The first-order valence-electron chi connectivity index (χ1n) is 5.53. The number of aryl methyl sites for hydroxylation is 1. The van der Waals surface area contributed by atoms with Crippen molar-refractivity contribution < 1.29 is 0 Å². The van der Waals surface area contributed by atoms with E-state index in [1.54, 1.807) is 22.8 Å². The van der Waals surface area contributed by atoms with Crippen molar-refractivity contribution in [2.45, 2.75) is 6.92 Å². The Morgan fingerprint density at radius 3 is 2.74 bits per heavy atom. The highest BCUT2D eigenvalue weighted by molar-refractivity contribution is 9.10. The molecule has 0 spiro atoms. The van der Waals surface area contributed by atoms with Gasteiger partial charge in [-0.2, -0.15) is 5.10 Å². The van der Waals surface area contributed by atoms with Gasteiger partial charge in [-0.05, 0) is 47.1 Å². The SMILES string of the molecule is Cc1nn2c(-c3ccc(Cl)cc3Cl)ccnc2c1Br. The molecule has 3 rings (SSSR count). The number of rotatable bonds is 1. The Hall–Kier alpha value is -1.10. The molecule has 0 amide bonds. The minimum atomic E-state index is 0.587. The van der Waals surface area contributed by atoms with Crippen LogP contribution in [0.15, 0.2) is 34.9 Å². The van der Waals surface area contributed by atoms with E-state index in [2.05, 4.69) is 26.0 Å². The number of aromatic nitrogens is 3. The normalized spacial score (nSPS) is 11.2. The first-order valence-corrected chi connectivity index (χ1v) is 7.08. The second kappa shape index (κ2) is 4.78. The summed E-state index contributed by atoms with van der Waals surface area (Å²) in [5.41, 5.74) is 3.39. The quantitative estimate of drug-likeness (QED) is 0.628. The molecule has 6 heteroatoms. The average molecular weight is 357 g/mol. The van der Waals surface area contributed by atoms with Gasteiger partial charge in [0.2, 0.25) is 0 Å². The lowest BCUT2D eigenvalue weighted by molar-refractivity contribution is 0.925. The molecule has 1 aromatic carbocycles. The van der Waals surface area contributed by atoms with E-state index in [1.165, 1.54) is 0 Å². The number of halogens is 3. The molecule has 0 aliphatic rings. The Balaban J connectivity index is 2.33. The predicted molar refractivity (Wildman–Crippen MR) is 80.9 cm³/mol. The molecule has 0 saturated heterocycles. The van der Waals surface area contributed by atoms with Crippen LogP contribution >= 0.6 is 39.1 Å². The van der Waals surface area contributed by atoms with Crippen LogP contribution in [-0.4, -0.2) is 14.6 Å². The number of nitrogens with zero attached hydrogens (tertiary/aromatic N) is 3. The van der Waals surface area contributed by atoms with E-state index in [1.807, 2.05) is 19.1 Å². The summed E-state index contributed by atoms with van der Waals surface area (Å²) in [6.45, 7) is 1.92. The van der Waals surface area contributed by atoms with Gasteiger partial charge in [-0.1, -0.05) is 23.2 Å². The number of benzene rings is 1. The molecule has 0 aliphatic carbocycles. The fourth-order valence-corrected chi connectivity index (χ4v) is 2.78. The van der Waals surface area contributed by atoms with Gasteiger partial charge in [-0.3, -0.25) is 0 Å². The van der Waals surface area contributed by atoms with Crippen LogP contribution in [0.25, 0.3) is 16.9 Å². The summed E-state index contributed by atoms with van der Waals surface area (Å²) in [5, 5.41) is 5.66. The average Bonchev–Trinajstić information content (AvgIpc) is 2.66. The van der Waals surface area contributed by atoms with Crippen LogP contribution in [0.5, 0.6) is 0 Å². The van der Waals surface area contributed by atoms with Crippen molar-refractivity contribution in [3.8, 4) is 11.3 Å². The molecule has 0 N–H and O–H groups in total. The lowest BCUT2D eigenvalue weighted by atomic mass is 10.1. The monoisotopic (exact) mass is 355 g/mol. The van der Waals surface area contributed by atoms with Crippen LogP contribution in [0.1, 0.15) is 5.69 Å². The molecular formula is C13H8BrCl2N3. The third-order valence-electron chi connectivity index (χ3n) is 2.83. The number of fused-ring (bicyclic) bond motifs is 1. The van der Waals surface area contributed by atoms with Gasteiger partial charge in [-0.15, -0.1) is 0 Å². The van der Waals surface area contributed by atoms with E-state index in [0.717, 1.165) is 27.1 Å². The molecule has 0 saturated carbocycles. The minimum Gasteiger partial charge on any atom is -0.236 e. The summed E-state index contributed by atoms with van der Waals surface area (Å²) < 4.78 is 2.66. The molecule has 0 atom stereocenters. The van der Waals surface area contributed by atoms with Gasteiger partial charge in [0.1, 0.15) is 0 Å². The number of hydrogen-bond donors (Lipinski definition) is 0. The van der Waals surface area contributed by atoms with E-state index in [9.17, 15) is 0 Å². The molecule has 0 aliphatic heterocycles. The molecule has 0 fully saturated rings. The van der Waals surface area contributed by atoms with E-state index in [0.29, 0.717) is 10.0 Å². The van der Waals surface area contributed by atoms with Gasteiger partial charge in [0.15, 0.2) is 5.65 Å². The van der Waals surface area contributed by atoms with E-state index in [-0.39, 0.29) is 0 Å². The van der Waals surface area contributed by atoms with Crippen LogP contribution in [-0.2, 0) is 0 Å². The molecular weight excluding hydrogens is 349 g/mol. The summed E-state index contributed by atoms with van der Waals surface area (Å²) in [7, 11) is 0. The zero-order chi connectivity index (χ0) is 13.6. The highest BCUT2D eigenvalue weighted by Crippen LogP contribution is 2.31. The largest absolute Gasteiger partial charge is 0.236 e. The van der Waals surface area contributed by atoms with Crippen molar-refractivity contribution in [3.63, 3.8) is 0 Å². The summed E-state index contributed by atoms with van der Waals surface area (Å²) in [6, 6.07) is 7.28. The molecule has 3 nitrogen and oxygen atoms in total. The Morgan fingerprint density at radius 1 is 1.21 bits per heavy atom. The summed E-state index contributed by atoms with van der Waals surface area (Å²) >= 11 is 15.7. The van der Waals surface area contributed by atoms with E-state index >= 15 is 0 Å². The van der Waals surface area contributed by atoms with Gasteiger partial charge in [0, 0.05) is 16.8 Å². The van der Waals surface area contributed by atoms with Crippen molar-refractivity contribution >= 4 is 44.8 Å². The van der Waals surface area contributed by atoms with Gasteiger partial charge in [0.25, 0.3) is 0 Å². The maximum Gasteiger partial charge on any atom is 0.170 e. The molecule has 2 aromatic heterocycles. The predicted octanol–water partition coefficient (Wildman–Crippen LogP) is 4.77. The molecule has 96 valence electrons. The summed E-state index contributed by atoms with van der Waals surface area (Å²) in [4.78, 5) is 4.32. The second-order valence-electron chi connectivity index (χ2n) is 4.09. The Labute approximate surface area is 128 Å². The van der Waals surface area contributed by atoms with E-state index in [4.69, 9.17) is 23.2 Å². The molecule has 19 heavy (non-hydrogen) atoms. The van der Waals surface area contributed by atoms with Crippen LogP contribution in [0.3, 0.4) is 0 Å². The van der Waals surface area contributed by atoms with Gasteiger partial charge in [0.05, 0.1) is 20.9 Å². The van der Waals surface area contributed by atoms with Gasteiger partial charge >= 0.3 is 0 Å². The first kappa shape index (κ1) is 12.9. The van der Waals surface area contributed by atoms with Crippen LogP contribution < -0.4 is 0 Å². The zero-order valence-corrected chi connectivity index (χ0v) is 13.0. The van der Waals surface area contributed by atoms with Crippen molar-refractivity contribution in [2.24, 2.45) is 0 Å². The molecule has 0 radical (unpaired) electrons. The van der Waals surface area contributed by atoms with E-state index < -0.39 is 0 Å². The third-order valence-corrected chi connectivity index (χ3v) is 4.31. The minimum absolute atomic E-state index is 0.587. The zero-order valence-electron chi connectivity index (χ0n) is 9.86. The number of hydrogen-bond acceptors (Lipinski definition) is 2. The van der Waals surface area contributed by atoms with Crippen LogP contribution in [0.2, 0.25) is 10.0 Å². The summed E-state index contributed by atoms with van der Waals surface area (Å²) in [6.07, 6.45) is 1.74. The maximum absolute atomic E-state index is 6.25. The molecule has 2 heterocycles. The van der Waals surface area contributed by atoms with Gasteiger partial charge < -0.3 is 0 Å². The molecule has 0 bridgehead atoms. The maximum atomic E-state index is 6.25. The third kappa shape index (κ3) is 2.14. The van der Waals surface area contributed by atoms with Gasteiger partial charge in [-0.25, -0.2) is 9.50 Å². The van der Waals surface area contributed by atoms with Crippen molar-refractivity contribution in [2.75, 3.05) is 0 Å². The molecule has 0 unspecified atom stereocenters. The lowest BCUT2D eigenvalue weighted by Gasteiger charge is -2.07. The Bertz CT molecular complexity index is 783. The summed E-state index contributed by atoms with van der Waals surface area (Å²) in [5.74, 6) is 0. The topological polar surface area (TPSA) is 30.2 Å².